The lowest BCUT2D eigenvalue weighted by atomic mass is 10.1. The van der Waals surface area contributed by atoms with Crippen molar-refractivity contribution in [1.82, 2.24) is 10.3 Å². The summed E-state index contributed by atoms with van der Waals surface area (Å²) in [6, 6.07) is 9.03. The van der Waals surface area contributed by atoms with E-state index >= 15 is 0 Å². The molecular weight excluding hydrogens is 325 g/mol. The van der Waals surface area contributed by atoms with Gasteiger partial charge in [-0.2, -0.15) is 13.2 Å². The van der Waals surface area contributed by atoms with E-state index in [-0.39, 0.29) is 18.0 Å². The fraction of sp³-hybridized carbons (Fsp3) is 0.250. The zero-order chi connectivity index (χ0) is 17.7. The lowest BCUT2D eigenvalue weighted by molar-refractivity contribution is -0.137. The van der Waals surface area contributed by atoms with E-state index in [0.29, 0.717) is 11.8 Å². The van der Waals surface area contributed by atoms with Crippen molar-refractivity contribution in [2.75, 3.05) is 7.11 Å². The van der Waals surface area contributed by atoms with Gasteiger partial charge in [-0.15, -0.1) is 0 Å². The molecule has 1 aromatic heterocycles. The maximum absolute atomic E-state index is 12.7. The van der Waals surface area contributed by atoms with E-state index in [1.165, 1.54) is 7.11 Å². The van der Waals surface area contributed by atoms with E-state index in [1.807, 2.05) is 0 Å². The highest BCUT2D eigenvalue weighted by Crippen LogP contribution is 2.31. The van der Waals surface area contributed by atoms with Crippen LogP contribution in [0.25, 0.3) is 0 Å². The number of nitrogens with one attached hydrogen (secondary N) is 1. The number of ether oxygens (including phenoxy) is 1. The molecule has 8 heteroatoms. The van der Waals surface area contributed by atoms with Gasteiger partial charge in [0.2, 0.25) is 5.88 Å². The van der Waals surface area contributed by atoms with Crippen molar-refractivity contribution in [2.24, 2.45) is 0 Å². The lowest BCUT2D eigenvalue weighted by Crippen LogP contribution is -2.29. The van der Waals surface area contributed by atoms with Gasteiger partial charge in [0.25, 0.3) is 5.91 Å². The second kappa shape index (κ2) is 7.31. The smallest absolute Gasteiger partial charge is 0.417 e. The summed E-state index contributed by atoms with van der Waals surface area (Å²) in [5.74, 6) is -0.766. The van der Waals surface area contributed by atoms with Gasteiger partial charge in [0, 0.05) is 18.3 Å². The molecule has 0 aliphatic heterocycles. The Bertz CT molecular complexity index is 705. The Labute approximate surface area is 136 Å². The number of alkyl halides is 3. The van der Waals surface area contributed by atoms with Gasteiger partial charge in [0.15, 0.2) is 6.10 Å². The summed E-state index contributed by atoms with van der Waals surface area (Å²) in [5.41, 5.74) is -0.513. The van der Waals surface area contributed by atoms with E-state index < -0.39 is 23.8 Å². The number of amides is 1. The van der Waals surface area contributed by atoms with Gasteiger partial charge in [-0.05, 0) is 11.6 Å². The number of nitrogens with zero attached hydrogens (tertiary/aromatic N) is 1. The minimum absolute atomic E-state index is 0.0301. The molecule has 128 valence electrons. The molecular formula is C16H15F3N2O3. The van der Waals surface area contributed by atoms with Crippen molar-refractivity contribution in [3.05, 3.63) is 59.3 Å². The number of aromatic nitrogens is 1. The number of carbonyl (C=O) groups excluding carboxylic acids is 1. The van der Waals surface area contributed by atoms with Gasteiger partial charge < -0.3 is 15.2 Å². The van der Waals surface area contributed by atoms with Crippen LogP contribution in [0.2, 0.25) is 0 Å². The summed E-state index contributed by atoms with van der Waals surface area (Å²) in [4.78, 5) is 15.5. The van der Waals surface area contributed by atoms with Crippen LogP contribution in [0.1, 0.15) is 22.8 Å². The third-order valence-corrected chi connectivity index (χ3v) is 3.26. The first-order valence-electron chi connectivity index (χ1n) is 6.93. The van der Waals surface area contributed by atoms with Crippen LogP contribution >= 0.6 is 0 Å². The largest absolute Gasteiger partial charge is 0.481 e. The highest BCUT2D eigenvalue weighted by Gasteiger charge is 2.32. The second-order valence-electron chi connectivity index (χ2n) is 4.92. The van der Waals surface area contributed by atoms with Crippen molar-refractivity contribution < 1.29 is 27.8 Å². The molecule has 2 rings (SSSR count). The standard InChI is InChI=1S/C16H15F3N2O3/c1-24-15-11(7-12(9-21-15)16(17,18)19)8-20-14(23)13(22)10-5-3-2-4-6-10/h2-7,9,13,22H,8H2,1H3,(H,20,23). The van der Waals surface area contributed by atoms with Gasteiger partial charge in [0.1, 0.15) is 0 Å². The molecule has 2 aromatic rings. The average molecular weight is 340 g/mol. The molecule has 5 nitrogen and oxygen atoms in total. The summed E-state index contributed by atoms with van der Waals surface area (Å²) in [6.07, 6.45) is -5.32. The molecule has 1 aromatic carbocycles. The minimum atomic E-state index is -4.55. The highest BCUT2D eigenvalue weighted by molar-refractivity contribution is 5.81. The predicted octanol–water partition coefficient (Wildman–Crippen LogP) is 2.46. The quantitative estimate of drug-likeness (QED) is 0.877. The van der Waals surface area contributed by atoms with E-state index in [1.54, 1.807) is 30.3 Å². The Kier molecular flexibility index (Phi) is 5.40. The molecule has 0 spiro atoms. The Hall–Kier alpha value is -2.61. The third-order valence-electron chi connectivity index (χ3n) is 3.26. The number of aliphatic hydroxyl groups is 1. The first-order chi connectivity index (χ1) is 11.3. The molecule has 0 aliphatic carbocycles. The average Bonchev–Trinajstić information content (AvgIpc) is 2.58. The number of methoxy groups -OCH3 is 1. The van der Waals surface area contributed by atoms with Crippen molar-refractivity contribution >= 4 is 5.91 Å². The van der Waals surface area contributed by atoms with Gasteiger partial charge in [0.05, 0.1) is 12.7 Å². The SMILES string of the molecule is COc1ncc(C(F)(F)F)cc1CNC(=O)C(O)c1ccccc1. The summed E-state index contributed by atoms with van der Waals surface area (Å²) >= 11 is 0. The monoisotopic (exact) mass is 340 g/mol. The van der Waals surface area contributed by atoms with Gasteiger partial charge in [-0.3, -0.25) is 4.79 Å². The number of aliphatic hydroxyl groups excluding tert-OH is 1. The maximum Gasteiger partial charge on any atom is 0.417 e. The van der Waals surface area contributed by atoms with Gasteiger partial charge in [-0.25, -0.2) is 4.98 Å². The number of benzene rings is 1. The van der Waals surface area contributed by atoms with E-state index in [2.05, 4.69) is 10.3 Å². The van der Waals surface area contributed by atoms with Crippen LogP contribution in [0.4, 0.5) is 13.2 Å². The summed E-state index contributed by atoms with van der Waals surface area (Å²) < 4.78 is 43.1. The van der Waals surface area contributed by atoms with E-state index in [0.717, 1.165) is 6.07 Å². The van der Waals surface area contributed by atoms with Crippen molar-refractivity contribution in [1.29, 1.82) is 0 Å². The molecule has 0 radical (unpaired) electrons. The van der Waals surface area contributed by atoms with Crippen LogP contribution in [0.5, 0.6) is 5.88 Å². The highest BCUT2D eigenvalue weighted by atomic mass is 19.4. The Morgan fingerprint density at radius 1 is 1.33 bits per heavy atom. The van der Waals surface area contributed by atoms with Gasteiger partial charge in [-0.1, -0.05) is 30.3 Å². The molecule has 0 bridgehead atoms. The summed E-state index contributed by atoms with van der Waals surface area (Å²) in [5, 5.41) is 12.3. The Morgan fingerprint density at radius 2 is 2.00 bits per heavy atom. The first-order valence-corrected chi connectivity index (χ1v) is 6.93. The van der Waals surface area contributed by atoms with E-state index in [9.17, 15) is 23.1 Å². The molecule has 1 unspecified atom stereocenters. The van der Waals surface area contributed by atoms with Crippen LogP contribution < -0.4 is 10.1 Å². The zero-order valence-electron chi connectivity index (χ0n) is 12.7. The molecule has 0 fully saturated rings. The van der Waals surface area contributed by atoms with Crippen molar-refractivity contribution in [2.45, 2.75) is 18.8 Å². The maximum atomic E-state index is 12.7. The second-order valence-corrected chi connectivity index (χ2v) is 4.92. The number of pyridine rings is 1. The van der Waals surface area contributed by atoms with Crippen LogP contribution in [0.15, 0.2) is 42.6 Å². The minimum Gasteiger partial charge on any atom is -0.481 e. The normalized spacial score (nSPS) is 12.5. The van der Waals surface area contributed by atoms with Crippen LogP contribution in [0.3, 0.4) is 0 Å². The van der Waals surface area contributed by atoms with Crippen molar-refractivity contribution in [3.8, 4) is 5.88 Å². The van der Waals surface area contributed by atoms with Crippen LogP contribution in [0, 0.1) is 0 Å². The number of hydrogen-bond acceptors (Lipinski definition) is 4. The zero-order valence-corrected chi connectivity index (χ0v) is 12.7. The number of rotatable bonds is 5. The molecule has 24 heavy (non-hydrogen) atoms. The van der Waals surface area contributed by atoms with E-state index in [4.69, 9.17) is 4.74 Å². The first kappa shape index (κ1) is 17.7. The van der Waals surface area contributed by atoms with Crippen LogP contribution in [-0.2, 0) is 17.5 Å². The molecule has 1 heterocycles. The van der Waals surface area contributed by atoms with Crippen LogP contribution in [-0.4, -0.2) is 23.1 Å². The lowest BCUT2D eigenvalue weighted by Gasteiger charge is -2.14. The molecule has 2 N–H and O–H groups in total. The third kappa shape index (κ3) is 4.23. The molecule has 1 atom stereocenters. The number of halogens is 3. The van der Waals surface area contributed by atoms with Crippen molar-refractivity contribution in [3.63, 3.8) is 0 Å². The summed E-state index contributed by atoms with van der Waals surface area (Å²) in [6.45, 7) is -0.261. The van der Waals surface area contributed by atoms with Gasteiger partial charge >= 0.3 is 6.18 Å². The number of hydrogen-bond donors (Lipinski definition) is 2. The number of carbonyl (C=O) groups is 1. The molecule has 1 amide bonds. The summed E-state index contributed by atoms with van der Waals surface area (Å²) in [7, 11) is 1.26. The fourth-order valence-corrected chi connectivity index (χ4v) is 2.03. The topological polar surface area (TPSA) is 71.5 Å². The molecule has 0 saturated heterocycles. The predicted molar refractivity (Wildman–Crippen MR) is 79.0 cm³/mol. The Balaban J connectivity index is 2.12. The molecule has 0 aliphatic rings. The fourth-order valence-electron chi connectivity index (χ4n) is 2.03. The molecule has 0 saturated carbocycles. The Morgan fingerprint density at radius 3 is 2.58 bits per heavy atom.